The summed E-state index contributed by atoms with van der Waals surface area (Å²) >= 11 is 0. The quantitative estimate of drug-likeness (QED) is 0.858. The fourth-order valence-electron chi connectivity index (χ4n) is 3.15. The molecule has 1 heterocycles. The van der Waals surface area contributed by atoms with Crippen molar-refractivity contribution in [1.82, 2.24) is 10.2 Å². The highest BCUT2D eigenvalue weighted by molar-refractivity contribution is 5.26. The van der Waals surface area contributed by atoms with Crippen molar-refractivity contribution in [2.75, 3.05) is 19.6 Å². The second kappa shape index (κ2) is 7.43. The molecule has 0 spiro atoms. The number of phenols is 1. The van der Waals surface area contributed by atoms with Crippen LogP contribution in [0.4, 0.5) is 0 Å². The molecule has 1 aliphatic rings. The van der Waals surface area contributed by atoms with E-state index in [9.17, 15) is 5.11 Å². The summed E-state index contributed by atoms with van der Waals surface area (Å²) in [6, 6.07) is 18.6. The first-order valence-electron chi connectivity index (χ1n) is 8.10. The fourth-order valence-corrected chi connectivity index (χ4v) is 3.15. The molecule has 0 bridgehead atoms. The van der Waals surface area contributed by atoms with Gasteiger partial charge in [0, 0.05) is 19.1 Å². The molecule has 1 saturated heterocycles. The van der Waals surface area contributed by atoms with Crippen LogP contribution in [0.2, 0.25) is 0 Å². The Morgan fingerprint density at radius 1 is 0.955 bits per heavy atom. The van der Waals surface area contributed by atoms with E-state index in [-0.39, 0.29) is 0 Å². The second-order valence-corrected chi connectivity index (χ2v) is 5.97. The Labute approximate surface area is 132 Å². The minimum absolute atomic E-state index is 0.322. The molecule has 116 valence electrons. The highest BCUT2D eigenvalue weighted by Crippen LogP contribution is 2.24. The summed E-state index contributed by atoms with van der Waals surface area (Å²) in [5.74, 6) is 0.322. The molecule has 0 saturated carbocycles. The molecule has 0 aromatic heterocycles. The van der Waals surface area contributed by atoms with E-state index in [1.165, 1.54) is 37.1 Å². The van der Waals surface area contributed by atoms with E-state index in [4.69, 9.17) is 0 Å². The Kier molecular flexibility index (Phi) is 5.09. The summed E-state index contributed by atoms with van der Waals surface area (Å²) in [5, 5.41) is 12.9. The summed E-state index contributed by atoms with van der Waals surface area (Å²) in [5.41, 5.74) is 2.59. The molecule has 2 aromatic carbocycles. The predicted octanol–water partition coefficient (Wildman–Crippen LogP) is 3.32. The molecule has 3 rings (SSSR count). The highest BCUT2D eigenvalue weighted by Gasteiger charge is 2.22. The van der Waals surface area contributed by atoms with Gasteiger partial charge >= 0.3 is 0 Å². The van der Waals surface area contributed by atoms with Crippen molar-refractivity contribution in [2.45, 2.75) is 25.4 Å². The summed E-state index contributed by atoms with van der Waals surface area (Å²) in [6.45, 7) is 4.17. The summed E-state index contributed by atoms with van der Waals surface area (Å²) < 4.78 is 0. The standard InChI is InChI=1S/C19H24N2O/c22-18-10-8-16(9-11-18)14-20-15-19(21-12-4-5-13-21)17-6-2-1-3-7-17/h1-3,6-11,19-20,22H,4-5,12-15H2. The molecule has 22 heavy (non-hydrogen) atoms. The van der Waals surface area contributed by atoms with E-state index in [0.29, 0.717) is 11.8 Å². The van der Waals surface area contributed by atoms with Crippen LogP contribution in [0.3, 0.4) is 0 Å². The maximum Gasteiger partial charge on any atom is 0.115 e. The topological polar surface area (TPSA) is 35.5 Å². The smallest absolute Gasteiger partial charge is 0.115 e. The van der Waals surface area contributed by atoms with Gasteiger partial charge in [-0.3, -0.25) is 4.90 Å². The minimum atomic E-state index is 0.322. The molecule has 0 amide bonds. The van der Waals surface area contributed by atoms with Gasteiger partial charge in [0.05, 0.1) is 0 Å². The van der Waals surface area contributed by atoms with E-state index in [2.05, 4.69) is 40.5 Å². The lowest BCUT2D eigenvalue weighted by atomic mass is 10.1. The molecule has 1 atom stereocenters. The lowest BCUT2D eigenvalue weighted by Crippen LogP contribution is -2.34. The van der Waals surface area contributed by atoms with Crippen LogP contribution in [-0.2, 0) is 6.54 Å². The van der Waals surface area contributed by atoms with Gasteiger partial charge in [0.25, 0.3) is 0 Å². The molecule has 1 fully saturated rings. The third-order valence-electron chi connectivity index (χ3n) is 4.37. The van der Waals surface area contributed by atoms with Crippen LogP contribution in [0.1, 0.15) is 30.0 Å². The van der Waals surface area contributed by atoms with Gasteiger partial charge < -0.3 is 10.4 Å². The zero-order chi connectivity index (χ0) is 15.2. The van der Waals surface area contributed by atoms with Crippen molar-refractivity contribution in [1.29, 1.82) is 0 Å². The molecule has 1 unspecified atom stereocenters. The molecule has 3 nitrogen and oxygen atoms in total. The predicted molar refractivity (Wildman–Crippen MR) is 89.8 cm³/mol. The monoisotopic (exact) mass is 296 g/mol. The molecule has 3 heteroatoms. The maximum absolute atomic E-state index is 9.34. The van der Waals surface area contributed by atoms with Gasteiger partial charge in [0.1, 0.15) is 5.75 Å². The summed E-state index contributed by atoms with van der Waals surface area (Å²) in [4.78, 5) is 2.58. The van der Waals surface area contributed by atoms with Crippen molar-refractivity contribution in [3.63, 3.8) is 0 Å². The van der Waals surface area contributed by atoms with E-state index in [1.807, 2.05) is 12.1 Å². The van der Waals surface area contributed by atoms with Gasteiger partial charge in [0.15, 0.2) is 0 Å². The van der Waals surface area contributed by atoms with Gasteiger partial charge in [-0.2, -0.15) is 0 Å². The number of nitrogens with one attached hydrogen (secondary N) is 1. The van der Waals surface area contributed by atoms with Crippen LogP contribution >= 0.6 is 0 Å². The summed E-state index contributed by atoms with van der Waals surface area (Å²) in [7, 11) is 0. The molecule has 2 N–H and O–H groups in total. The molecule has 1 aliphatic heterocycles. The Hall–Kier alpha value is -1.84. The Morgan fingerprint density at radius 2 is 1.64 bits per heavy atom. The first-order valence-corrected chi connectivity index (χ1v) is 8.10. The third kappa shape index (κ3) is 3.87. The first-order chi connectivity index (χ1) is 10.8. The lowest BCUT2D eigenvalue weighted by Gasteiger charge is -2.28. The number of likely N-dealkylation sites (tertiary alicyclic amines) is 1. The first kappa shape index (κ1) is 15.1. The molecular formula is C19H24N2O. The number of hydrogen-bond acceptors (Lipinski definition) is 3. The normalized spacial score (nSPS) is 16.7. The number of nitrogens with zero attached hydrogens (tertiary/aromatic N) is 1. The number of hydrogen-bond donors (Lipinski definition) is 2. The van der Waals surface area contributed by atoms with Crippen molar-refractivity contribution < 1.29 is 5.11 Å². The average molecular weight is 296 g/mol. The van der Waals surface area contributed by atoms with Crippen molar-refractivity contribution in [2.24, 2.45) is 0 Å². The second-order valence-electron chi connectivity index (χ2n) is 5.97. The average Bonchev–Trinajstić information content (AvgIpc) is 3.08. The Bertz CT molecular complexity index is 562. The van der Waals surface area contributed by atoms with E-state index in [1.54, 1.807) is 12.1 Å². The largest absolute Gasteiger partial charge is 0.508 e. The van der Waals surface area contributed by atoms with Crippen LogP contribution in [-0.4, -0.2) is 29.6 Å². The lowest BCUT2D eigenvalue weighted by molar-refractivity contribution is 0.238. The zero-order valence-corrected chi connectivity index (χ0v) is 12.9. The molecular weight excluding hydrogens is 272 g/mol. The minimum Gasteiger partial charge on any atom is -0.508 e. The maximum atomic E-state index is 9.34. The van der Waals surface area contributed by atoms with Gasteiger partial charge in [-0.1, -0.05) is 42.5 Å². The van der Waals surface area contributed by atoms with Crippen molar-refractivity contribution in [3.05, 3.63) is 65.7 Å². The van der Waals surface area contributed by atoms with Crippen LogP contribution in [0, 0.1) is 0 Å². The van der Waals surface area contributed by atoms with Crippen LogP contribution in [0.25, 0.3) is 0 Å². The fraction of sp³-hybridized carbons (Fsp3) is 0.368. The van der Waals surface area contributed by atoms with Crippen LogP contribution < -0.4 is 5.32 Å². The van der Waals surface area contributed by atoms with E-state index in [0.717, 1.165) is 13.1 Å². The number of aromatic hydroxyl groups is 1. The highest BCUT2D eigenvalue weighted by atomic mass is 16.3. The van der Waals surface area contributed by atoms with Crippen molar-refractivity contribution >= 4 is 0 Å². The van der Waals surface area contributed by atoms with Gasteiger partial charge in [-0.25, -0.2) is 0 Å². The van der Waals surface area contributed by atoms with E-state index >= 15 is 0 Å². The third-order valence-corrected chi connectivity index (χ3v) is 4.37. The van der Waals surface area contributed by atoms with E-state index < -0.39 is 0 Å². The van der Waals surface area contributed by atoms with Crippen LogP contribution in [0.5, 0.6) is 5.75 Å². The number of rotatable bonds is 6. The molecule has 2 aromatic rings. The van der Waals surface area contributed by atoms with Gasteiger partial charge in [0.2, 0.25) is 0 Å². The SMILES string of the molecule is Oc1ccc(CNCC(c2ccccc2)N2CCCC2)cc1. The Morgan fingerprint density at radius 3 is 2.32 bits per heavy atom. The molecule has 0 radical (unpaired) electrons. The van der Waals surface area contributed by atoms with Crippen LogP contribution in [0.15, 0.2) is 54.6 Å². The zero-order valence-electron chi connectivity index (χ0n) is 12.9. The van der Waals surface area contributed by atoms with Gasteiger partial charge in [-0.15, -0.1) is 0 Å². The number of benzene rings is 2. The van der Waals surface area contributed by atoms with Gasteiger partial charge in [-0.05, 0) is 49.2 Å². The van der Waals surface area contributed by atoms with Crippen molar-refractivity contribution in [3.8, 4) is 5.75 Å². The molecule has 0 aliphatic carbocycles. The summed E-state index contributed by atoms with van der Waals surface area (Å²) in [6.07, 6.45) is 2.61. The number of phenolic OH excluding ortho intramolecular Hbond substituents is 1. The Balaban J connectivity index is 1.61.